The Morgan fingerprint density at radius 2 is 2.38 bits per heavy atom. The van der Waals surface area contributed by atoms with Crippen molar-refractivity contribution in [3.8, 4) is 0 Å². The molecule has 0 aromatic rings. The van der Waals surface area contributed by atoms with E-state index >= 15 is 0 Å². The quantitative estimate of drug-likeness (QED) is 0.623. The van der Waals surface area contributed by atoms with Gasteiger partial charge in [-0.2, -0.15) is 0 Å². The lowest BCUT2D eigenvalue weighted by molar-refractivity contribution is 0.158. The Bertz CT molecular complexity index is 152. The van der Waals surface area contributed by atoms with Crippen LogP contribution in [0, 0.1) is 5.41 Å². The summed E-state index contributed by atoms with van der Waals surface area (Å²) in [7, 11) is 0. The van der Waals surface area contributed by atoms with E-state index in [0.29, 0.717) is 6.61 Å². The SMILES string of the molecule is CCCCNCC1(C)COCC1N. The summed E-state index contributed by atoms with van der Waals surface area (Å²) in [5.41, 5.74) is 6.11. The van der Waals surface area contributed by atoms with Crippen LogP contribution in [0.15, 0.2) is 0 Å². The first-order valence-electron chi connectivity index (χ1n) is 5.23. The van der Waals surface area contributed by atoms with E-state index in [2.05, 4.69) is 19.2 Å². The summed E-state index contributed by atoms with van der Waals surface area (Å²) in [6.45, 7) is 7.99. The predicted octanol–water partition coefficient (Wildman–Crippen LogP) is 0.740. The maximum absolute atomic E-state index is 5.96. The van der Waals surface area contributed by atoms with Gasteiger partial charge in [-0.15, -0.1) is 0 Å². The summed E-state index contributed by atoms with van der Waals surface area (Å²) >= 11 is 0. The van der Waals surface area contributed by atoms with Crippen LogP contribution in [0.3, 0.4) is 0 Å². The molecule has 1 saturated heterocycles. The molecule has 3 nitrogen and oxygen atoms in total. The summed E-state index contributed by atoms with van der Waals surface area (Å²) in [6.07, 6.45) is 2.48. The Morgan fingerprint density at radius 1 is 1.62 bits per heavy atom. The fourth-order valence-corrected chi connectivity index (χ4v) is 1.59. The van der Waals surface area contributed by atoms with Gasteiger partial charge in [-0.05, 0) is 13.0 Å². The van der Waals surface area contributed by atoms with Crippen LogP contribution in [0.2, 0.25) is 0 Å². The fraction of sp³-hybridized carbons (Fsp3) is 1.00. The smallest absolute Gasteiger partial charge is 0.0624 e. The van der Waals surface area contributed by atoms with E-state index < -0.39 is 0 Å². The van der Waals surface area contributed by atoms with E-state index in [1.54, 1.807) is 0 Å². The number of rotatable bonds is 5. The van der Waals surface area contributed by atoms with Crippen LogP contribution in [-0.4, -0.2) is 32.3 Å². The second kappa shape index (κ2) is 4.94. The number of unbranched alkanes of at least 4 members (excludes halogenated alkanes) is 1. The van der Waals surface area contributed by atoms with Gasteiger partial charge in [0.2, 0.25) is 0 Å². The van der Waals surface area contributed by atoms with Gasteiger partial charge in [-0.3, -0.25) is 0 Å². The molecule has 1 heterocycles. The zero-order valence-corrected chi connectivity index (χ0v) is 8.81. The second-order valence-corrected chi connectivity index (χ2v) is 4.31. The van der Waals surface area contributed by atoms with Gasteiger partial charge in [-0.25, -0.2) is 0 Å². The first-order chi connectivity index (χ1) is 6.19. The monoisotopic (exact) mass is 186 g/mol. The van der Waals surface area contributed by atoms with Crippen LogP contribution in [0.25, 0.3) is 0 Å². The number of ether oxygens (including phenoxy) is 1. The number of nitrogens with one attached hydrogen (secondary N) is 1. The minimum absolute atomic E-state index is 0.147. The number of nitrogens with two attached hydrogens (primary N) is 1. The molecular formula is C10H22N2O. The molecule has 3 N–H and O–H groups in total. The highest BCUT2D eigenvalue weighted by Gasteiger charge is 2.36. The third-order valence-electron chi connectivity index (χ3n) is 2.86. The number of hydrogen-bond acceptors (Lipinski definition) is 3. The van der Waals surface area contributed by atoms with E-state index in [1.165, 1.54) is 12.8 Å². The van der Waals surface area contributed by atoms with Crippen molar-refractivity contribution in [1.29, 1.82) is 0 Å². The van der Waals surface area contributed by atoms with Gasteiger partial charge in [0.05, 0.1) is 13.2 Å². The van der Waals surface area contributed by atoms with Crippen LogP contribution < -0.4 is 11.1 Å². The molecule has 2 unspecified atom stereocenters. The molecule has 1 rings (SSSR count). The van der Waals surface area contributed by atoms with Crippen LogP contribution >= 0.6 is 0 Å². The van der Waals surface area contributed by atoms with Crippen LogP contribution in [-0.2, 0) is 4.74 Å². The molecule has 0 saturated carbocycles. The van der Waals surface area contributed by atoms with Crippen molar-refractivity contribution in [3.05, 3.63) is 0 Å². The summed E-state index contributed by atoms with van der Waals surface area (Å²) in [5.74, 6) is 0. The summed E-state index contributed by atoms with van der Waals surface area (Å²) in [4.78, 5) is 0. The molecule has 78 valence electrons. The molecule has 0 aromatic carbocycles. The van der Waals surface area contributed by atoms with E-state index in [9.17, 15) is 0 Å². The Morgan fingerprint density at radius 3 is 2.92 bits per heavy atom. The van der Waals surface area contributed by atoms with Crippen molar-refractivity contribution in [1.82, 2.24) is 5.32 Å². The first kappa shape index (κ1) is 11.0. The van der Waals surface area contributed by atoms with Gasteiger partial charge < -0.3 is 15.8 Å². The first-order valence-corrected chi connectivity index (χ1v) is 5.23. The average Bonchev–Trinajstić information content (AvgIpc) is 2.42. The molecule has 0 spiro atoms. The van der Waals surface area contributed by atoms with Crippen molar-refractivity contribution in [3.63, 3.8) is 0 Å². The lowest BCUT2D eigenvalue weighted by Gasteiger charge is -2.27. The molecule has 0 aliphatic carbocycles. The lowest BCUT2D eigenvalue weighted by Crippen LogP contribution is -2.45. The molecule has 2 atom stereocenters. The summed E-state index contributed by atoms with van der Waals surface area (Å²) in [5, 5.41) is 3.44. The topological polar surface area (TPSA) is 47.3 Å². The van der Waals surface area contributed by atoms with Gasteiger partial charge in [0.1, 0.15) is 0 Å². The molecule has 1 aliphatic heterocycles. The van der Waals surface area contributed by atoms with E-state index in [0.717, 1.165) is 19.7 Å². The zero-order chi connectivity index (χ0) is 9.73. The minimum Gasteiger partial charge on any atom is -0.379 e. The second-order valence-electron chi connectivity index (χ2n) is 4.31. The third-order valence-corrected chi connectivity index (χ3v) is 2.86. The van der Waals surface area contributed by atoms with Crippen LogP contribution in [0.4, 0.5) is 0 Å². The fourth-order valence-electron chi connectivity index (χ4n) is 1.59. The standard InChI is InChI=1S/C10H22N2O/c1-3-4-5-12-7-10(2)8-13-6-9(10)11/h9,12H,3-8,11H2,1-2H3. The lowest BCUT2D eigenvalue weighted by atomic mass is 9.86. The zero-order valence-electron chi connectivity index (χ0n) is 8.81. The molecule has 0 bridgehead atoms. The van der Waals surface area contributed by atoms with E-state index in [1.807, 2.05) is 0 Å². The molecule has 1 fully saturated rings. The van der Waals surface area contributed by atoms with Crippen LogP contribution in [0.1, 0.15) is 26.7 Å². The molecular weight excluding hydrogens is 164 g/mol. The highest BCUT2D eigenvalue weighted by atomic mass is 16.5. The van der Waals surface area contributed by atoms with E-state index in [-0.39, 0.29) is 11.5 Å². The van der Waals surface area contributed by atoms with Gasteiger partial charge in [0.25, 0.3) is 0 Å². The summed E-state index contributed by atoms with van der Waals surface area (Å²) < 4.78 is 5.36. The van der Waals surface area contributed by atoms with Gasteiger partial charge in [0, 0.05) is 18.0 Å². The Balaban J connectivity index is 2.18. The molecule has 0 radical (unpaired) electrons. The Labute approximate surface area is 81.0 Å². The molecule has 0 aromatic heterocycles. The highest BCUT2D eigenvalue weighted by Crippen LogP contribution is 2.25. The summed E-state index contributed by atoms with van der Waals surface area (Å²) in [6, 6.07) is 0.196. The number of hydrogen-bond donors (Lipinski definition) is 2. The average molecular weight is 186 g/mol. The molecule has 1 aliphatic rings. The van der Waals surface area contributed by atoms with Gasteiger partial charge >= 0.3 is 0 Å². The van der Waals surface area contributed by atoms with Crippen molar-refractivity contribution >= 4 is 0 Å². The third kappa shape index (κ3) is 2.93. The van der Waals surface area contributed by atoms with Crippen LogP contribution in [0.5, 0.6) is 0 Å². The van der Waals surface area contributed by atoms with Gasteiger partial charge in [-0.1, -0.05) is 20.3 Å². The Kier molecular flexibility index (Phi) is 4.16. The van der Waals surface area contributed by atoms with Crippen molar-refractivity contribution in [2.75, 3.05) is 26.3 Å². The van der Waals surface area contributed by atoms with Crippen molar-refractivity contribution in [2.24, 2.45) is 11.1 Å². The molecule has 13 heavy (non-hydrogen) atoms. The normalized spacial score (nSPS) is 33.9. The predicted molar refractivity (Wildman–Crippen MR) is 54.7 cm³/mol. The minimum atomic E-state index is 0.147. The maximum atomic E-state index is 5.96. The Hall–Kier alpha value is -0.120. The molecule has 3 heteroatoms. The highest BCUT2D eigenvalue weighted by molar-refractivity contribution is 4.91. The molecule has 0 amide bonds. The maximum Gasteiger partial charge on any atom is 0.0624 e. The van der Waals surface area contributed by atoms with Crippen molar-refractivity contribution < 1.29 is 4.74 Å². The largest absolute Gasteiger partial charge is 0.379 e. The van der Waals surface area contributed by atoms with Gasteiger partial charge in [0.15, 0.2) is 0 Å². The van der Waals surface area contributed by atoms with E-state index in [4.69, 9.17) is 10.5 Å². The van der Waals surface area contributed by atoms with Crippen molar-refractivity contribution in [2.45, 2.75) is 32.7 Å².